The van der Waals surface area contributed by atoms with Gasteiger partial charge in [-0.3, -0.25) is 4.79 Å². The number of aryl methyl sites for hydroxylation is 2. The zero-order valence-corrected chi connectivity index (χ0v) is 17.8. The number of carbonyl (C=O) groups excluding carboxylic acids is 1. The number of sulfonamides is 1. The van der Waals surface area contributed by atoms with Crippen LogP contribution in [-0.4, -0.2) is 24.7 Å². The van der Waals surface area contributed by atoms with E-state index < -0.39 is 16.1 Å². The van der Waals surface area contributed by atoms with Crippen molar-refractivity contribution in [2.75, 3.05) is 5.32 Å². The number of nitrogens with one attached hydrogen (secondary N) is 1. The summed E-state index contributed by atoms with van der Waals surface area (Å²) in [5, 5.41) is 2.93. The topological polar surface area (TPSA) is 66.5 Å². The van der Waals surface area contributed by atoms with Crippen molar-refractivity contribution in [2.24, 2.45) is 0 Å². The molecule has 1 unspecified atom stereocenters. The molecule has 1 amide bonds. The van der Waals surface area contributed by atoms with Crippen molar-refractivity contribution in [1.29, 1.82) is 0 Å². The van der Waals surface area contributed by atoms with Crippen LogP contribution in [0.3, 0.4) is 0 Å². The maximum atomic E-state index is 13.5. The van der Waals surface area contributed by atoms with Gasteiger partial charge in [0.05, 0.1) is 4.90 Å². The van der Waals surface area contributed by atoms with Crippen LogP contribution in [-0.2, 0) is 27.8 Å². The number of hydrogen-bond acceptors (Lipinski definition) is 3. The lowest BCUT2D eigenvalue weighted by Crippen LogP contribution is -2.50. The molecule has 1 atom stereocenters. The lowest BCUT2D eigenvalue weighted by molar-refractivity contribution is -0.120. The molecule has 0 aliphatic carbocycles. The fraction of sp³-hybridized carbons (Fsp3) is 0.208. The van der Waals surface area contributed by atoms with Crippen molar-refractivity contribution < 1.29 is 13.2 Å². The van der Waals surface area contributed by atoms with Crippen molar-refractivity contribution in [3.8, 4) is 0 Å². The van der Waals surface area contributed by atoms with E-state index in [1.165, 1.54) is 4.31 Å². The van der Waals surface area contributed by atoms with Crippen molar-refractivity contribution in [3.63, 3.8) is 0 Å². The zero-order chi connectivity index (χ0) is 21.3. The van der Waals surface area contributed by atoms with Crippen molar-refractivity contribution in [3.05, 3.63) is 95.1 Å². The number of nitrogens with zero attached hydrogens (tertiary/aromatic N) is 1. The second-order valence-electron chi connectivity index (χ2n) is 7.66. The first-order valence-corrected chi connectivity index (χ1v) is 11.3. The van der Waals surface area contributed by atoms with Gasteiger partial charge in [-0.25, -0.2) is 8.42 Å². The lowest BCUT2D eigenvalue weighted by Gasteiger charge is -2.35. The minimum absolute atomic E-state index is 0.165. The molecule has 30 heavy (non-hydrogen) atoms. The third-order valence-corrected chi connectivity index (χ3v) is 7.41. The van der Waals surface area contributed by atoms with Crippen molar-refractivity contribution in [1.82, 2.24) is 4.31 Å². The maximum Gasteiger partial charge on any atom is 0.244 e. The standard InChI is InChI=1S/C24H24N2O3S/c1-17-11-13-21(14-12-17)30(28,29)26-16-20-9-5-4-8-19(20)15-23(26)24(27)25-22-10-6-3-7-18(22)2/h3-14,23H,15-16H2,1-2H3,(H,25,27). The summed E-state index contributed by atoms with van der Waals surface area (Å²) in [5.74, 6) is -0.325. The Bertz CT molecular complexity index is 1190. The molecular weight excluding hydrogens is 396 g/mol. The van der Waals surface area contributed by atoms with Gasteiger partial charge in [0, 0.05) is 12.2 Å². The Hall–Kier alpha value is -2.96. The zero-order valence-electron chi connectivity index (χ0n) is 17.0. The van der Waals surface area contributed by atoms with Gasteiger partial charge in [-0.15, -0.1) is 0 Å². The molecule has 5 nitrogen and oxygen atoms in total. The molecule has 3 aromatic rings. The highest BCUT2D eigenvalue weighted by Gasteiger charge is 2.39. The van der Waals surface area contributed by atoms with Crippen LogP contribution in [0.25, 0.3) is 0 Å². The Morgan fingerprint density at radius 3 is 2.23 bits per heavy atom. The van der Waals surface area contributed by atoms with Gasteiger partial charge in [0.15, 0.2) is 0 Å². The molecule has 3 aromatic carbocycles. The summed E-state index contributed by atoms with van der Waals surface area (Å²) in [6.07, 6.45) is 0.332. The minimum Gasteiger partial charge on any atom is -0.324 e. The first kappa shape index (κ1) is 20.3. The fourth-order valence-electron chi connectivity index (χ4n) is 3.75. The van der Waals surface area contributed by atoms with E-state index in [9.17, 15) is 13.2 Å². The average molecular weight is 421 g/mol. The minimum atomic E-state index is -3.85. The van der Waals surface area contributed by atoms with E-state index in [1.54, 1.807) is 24.3 Å². The number of anilines is 1. The van der Waals surface area contributed by atoms with Crippen molar-refractivity contribution >= 4 is 21.6 Å². The highest BCUT2D eigenvalue weighted by molar-refractivity contribution is 7.89. The smallest absolute Gasteiger partial charge is 0.244 e. The summed E-state index contributed by atoms with van der Waals surface area (Å²) in [7, 11) is -3.85. The molecule has 6 heteroatoms. The number of benzene rings is 3. The molecular formula is C24H24N2O3S. The first-order valence-electron chi connectivity index (χ1n) is 9.88. The van der Waals surface area contributed by atoms with Crippen LogP contribution >= 0.6 is 0 Å². The summed E-state index contributed by atoms with van der Waals surface area (Å²) in [6, 6.07) is 21.1. The molecule has 1 heterocycles. The number of amides is 1. The monoisotopic (exact) mass is 420 g/mol. The van der Waals surface area contributed by atoms with Gasteiger partial charge in [-0.2, -0.15) is 4.31 Å². The average Bonchev–Trinajstić information content (AvgIpc) is 2.74. The van der Waals surface area contributed by atoms with Crippen LogP contribution in [0.15, 0.2) is 77.7 Å². The quantitative estimate of drug-likeness (QED) is 0.692. The lowest BCUT2D eigenvalue weighted by atomic mass is 9.95. The van der Waals surface area contributed by atoms with E-state index in [-0.39, 0.29) is 17.3 Å². The summed E-state index contributed by atoms with van der Waals surface area (Å²) in [5.41, 5.74) is 4.52. The molecule has 0 bridgehead atoms. The number of para-hydroxylation sites is 1. The van der Waals surface area contributed by atoms with E-state index in [2.05, 4.69) is 5.32 Å². The Kier molecular flexibility index (Phi) is 5.45. The molecule has 1 aliphatic heterocycles. The summed E-state index contributed by atoms with van der Waals surface area (Å²) < 4.78 is 28.3. The Morgan fingerprint density at radius 2 is 1.53 bits per heavy atom. The summed E-state index contributed by atoms with van der Waals surface area (Å²) >= 11 is 0. The van der Waals surface area contributed by atoms with Crippen LogP contribution in [0.2, 0.25) is 0 Å². The SMILES string of the molecule is Cc1ccc(S(=O)(=O)N2Cc3ccccc3CC2C(=O)Nc2ccccc2C)cc1. The van der Waals surface area contributed by atoms with E-state index in [0.29, 0.717) is 12.1 Å². The van der Waals surface area contributed by atoms with Crippen LogP contribution in [0.5, 0.6) is 0 Å². The predicted octanol–water partition coefficient (Wildman–Crippen LogP) is 4.06. The second-order valence-corrected chi connectivity index (χ2v) is 9.55. The van der Waals surface area contributed by atoms with Gasteiger partial charge in [0.25, 0.3) is 0 Å². The Morgan fingerprint density at radius 1 is 0.900 bits per heavy atom. The Labute approximate surface area is 177 Å². The molecule has 0 aromatic heterocycles. The summed E-state index contributed by atoms with van der Waals surface area (Å²) in [6.45, 7) is 3.98. The molecule has 154 valence electrons. The van der Waals surface area contributed by atoms with Crippen LogP contribution in [0, 0.1) is 13.8 Å². The largest absolute Gasteiger partial charge is 0.324 e. The fourth-order valence-corrected chi connectivity index (χ4v) is 5.32. The normalized spacial score (nSPS) is 16.7. The van der Waals surface area contributed by atoms with Crippen molar-refractivity contribution in [2.45, 2.75) is 37.8 Å². The third kappa shape index (κ3) is 3.88. The molecule has 4 rings (SSSR count). The molecule has 0 saturated carbocycles. The highest BCUT2D eigenvalue weighted by Crippen LogP contribution is 2.30. The number of rotatable bonds is 4. The van der Waals surface area contributed by atoms with E-state index in [1.807, 2.05) is 62.4 Å². The molecule has 0 radical (unpaired) electrons. The molecule has 0 fully saturated rings. The Balaban J connectivity index is 1.73. The van der Waals surface area contributed by atoms with Gasteiger partial charge in [-0.05, 0) is 55.2 Å². The highest BCUT2D eigenvalue weighted by atomic mass is 32.2. The maximum absolute atomic E-state index is 13.5. The van der Waals surface area contributed by atoms with Gasteiger partial charge in [0.1, 0.15) is 6.04 Å². The number of fused-ring (bicyclic) bond motifs is 1. The molecule has 1 N–H and O–H groups in total. The van der Waals surface area contributed by atoms with Gasteiger partial charge in [0.2, 0.25) is 15.9 Å². The van der Waals surface area contributed by atoms with Crippen LogP contribution < -0.4 is 5.32 Å². The predicted molar refractivity (Wildman–Crippen MR) is 118 cm³/mol. The van der Waals surface area contributed by atoms with E-state index in [4.69, 9.17) is 0 Å². The van der Waals surface area contributed by atoms with Crippen LogP contribution in [0.4, 0.5) is 5.69 Å². The molecule has 1 aliphatic rings. The number of hydrogen-bond donors (Lipinski definition) is 1. The summed E-state index contributed by atoms with van der Waals surface area (Å²) in [4.78, 5) is 13.5. The molecule has 0 spiro atoms. The second kappa shape index (κ2) is 8.05. The van der Waals surface area contributed by atoms with Gasteiger partial charge in [-0.1, -0.05) is 60.2 Å². The van der Waals surface area contributed by atoms with E-state index >= 15 is 0 Å². The van der Waals surface area contributed by atoms with Gasteiger partial charge >= 0.3 is 0 Å². The third-order valence-electron chi connectivity index (χ3n) is 5.54. The first-order chi connectivity index (χ1) is 14.4. The molecule has 0 saturated heterocycles. The van der Waals surface area contributed by atoms with E-state index in [0.717, 1.165) is 22.3 Å². The van der Waals surface area contributed by atoms with Crippen LogP contribution in [0.1, 0.15) is 22.3 Å². The number of carbonyl (C=O) groups is 1. The van der Waals surface area contributed by atoms with Gasteiger partial charge < -0.3 is 5.32 Å².